The summed E-state index contributed by atoms with van der Waals surface area (Å²) in [5.74, 6) is 0.270. The van der Waals surface area contributed by atoms with Gasteiger partial charge in [-0.2, -0.15) is 5.10 Å². The summed E-state index contributed by atoms with van der Waals surface area (Å²) in [4.78, 5) is 0.209. The molecular weight excluding hydrogens is 438 g/mol. The van der Waals surface area contributed by atoms with Crippen molar-refractivity contribution in [3.05, 3.63) is 75.9 Å². The molecule has 7 heteroatoms. The largest absolute Gasteiger partial charge is 0.265 e. The highest BCUT2D eigenvalue weighted by atomic mass is 79.9. The number of benzene rings is 2. The molecule has 0 aliphatic heterocycles. The Bertz CT molecular complexity index is 1060. The topological polar surface area (TPSA) is 64.0 Å². The van der Waals surface area contributed by atoms with Crippen molar-refractivity contribution in [2.75, 3.05) is 4.72 Å². The van der Waals surface area contributed by atoms with E-state index in [1.165, 1.54) is 5.56 Å². The van der Waals surface area contributed by atoms with Gasteiger partial charge >= 0.3 is 0 Å². The standard InChI is InChI=1S/C21H24BrN3O2S/c1-15-5-7-16(8-6-15)13-25-14-19(22)20(23-25)24-28(26,27)18-11-9-17(10-12-18)21(2,3)4/h5-12,14H,13H2,1-4H3,(H,23,24). The Morgan fingerprint density at radius 3 is 2.21 bits per heavy atom. The fraction of sp³-hybridized carbons (Fsp3) is 0.286. The third-order valence-electron chi connectivity index (χ3n) is 4.44. The molecular formula is C21H24BrN3O2S. The van der Waals surface area contributed by atoms with Gasteiger partial charge in [-0.1, -0.05) is 62.7 Å². The number of anilines is 1. The maximum atomic E-state index is 12.7. The molecule has 0 saturated heterocycles. The van der Waals surface area contributed by atoms with E-state index in [-0.39, 0.29) is 16.1 Å². The van der Waals surface area contributed by atoms with Crippen molar-refractivity contribution in [2.45, 2.75) is 44.6 Å². The van der Waals surface area contributed by atoms with Crippen LogP contribution in [0.15, 0.2) is 64.1 Å². The summed E-state index contributed by atoms with van der Waals surface area (Å²) in [6, 6.07) is 15.1. The van der Waals surface area contributed by atoms with Gasteiger partial charge in [0.1, 0.15) is 0 Å². The van der Waals surface area contributed by atoms with Crippen LogP contribution < -0.4 is 4.72 Å². The Hall–Kier alpha value is -2.12. The maximum Gasteiger partial charge on any atom is 0.263 e. The van der Waals surface area contributed by atoms with E-state index in [9.17, 15) is 8.42 Å². The van der Waals surface area contributed by atoms with Gasteiger partial charge in [-0.05, 0) is 51.5 Å². The smallest absolute Gasteiger partial charge is 0.263 e. The van der Waals surface area contributed by atoms with Gasteiger partial charge in [0.25, 0.3) is 10.0 Å². The zero-order valence-electron chi connectivity index (χ0n) is 16.4. The summed E-state index contributed by atoms with van der Waals surface area (Å²) in [5.41, 5.74) is 3.33. The van der Waals surface area contributed by atoms with Crippen LogP contribution in [0, 0.1) is 6.92 Å². The molecule has 28 heavy (non-hydrogen) atoms. The Labute approximate surface area is 175 Å². The first-order valence-electron chi connectivity index (χ1n) is 8.96. The number of nitrogens with one attached hydrogen (secondary N) is 1. The van der Waals surface area contributed by atoms with Crippen molar-refractivity contribution in [1.82, 2.24) is 9.78 Å². The third kappa shape index (κ3) is 4.83. The second kappa shape index (κ2) is 7.72. The Morgan fingerprint density at radius 1 is 1.04 bits per heavy atom. The van der Waals surface area contributed by atoms with Crippen LogP contribution in [-0.2, 0) is 22.0 Å². The molecule has 0 radical (unpaired) electrons. The van der Waals surface area contributed by atoms with Gasteiger partial charge in [0.2, 0.25) is 0 Å². The summed E-state index contributed by atoms with van der Waals surface area (Å²) in [7, 11) is -3.72. The number of aromatic nitrogens is 2. The predicted octanol–water partition coefficient (Wildman–Crippen LogP) is 5.10. The van der Waals surface area contributed by atoms with Crippen LogP contribution in [0.5, 0.6) is 0 Å². The quantitative estimate of drug-likeness (QED) is 0.574. The molecule has 3 rings (SSSR count). The lowest BCUT2D eigenvalue weighted by Crippen LogP contribution is -2.15. The summed E-state index contributed by atoms with van der Waals surface area (Å²) in [5, 5.41) is 4.37. The van der Waals surface area contributed by atoms with E-state index in [0.717, 1.165) is 11.1 Å². The van der Waals surface area contributed by atoms with E-state index >= 15 is 0 Å². The number of rotatable bonds is 5. The molecule has 5 nitrogen and oxygen atoms in total. The van der Waals surface area contributed by atoms with Crippen LogP contribution in [0.2, 0.25) is 0 Å². The Kier molecular flexibility index (Phi) is 5.68. The molecule has 0 aliphatic rings. The second-order valence-corrected chi connectivity index (χ2v) is 10.4. The molecule has 0 unspecified atom stereocenters. The third-order valence-corrected chi connectivity index (χ3v) is 6.38. The van der Waals surface area contributed by atoms with Crippen LogP contribution in [0.1, 0.15) is 37.5 Å². The molecule has 3 aromatic rings. The van der Waals surface area contributed by atoms with Gasteiger partial charge in [0.05, 0.1) is 15.9 Å². The summed E-state index contributed by atoms with van der Waals surface area (Å²) < 4.78 is 30.3. The van der Waals surface area contributed by atoms with Crippen LogP contribution in [0.3, 0.4) is 0 Å². The lowest BCUT2D eigenvalue weighted by molar-refractivity contribution is 0.587. The van der Waals surface area contributed by atoms with E-state index in [4.69, 9.17) is 0 Å². The molecule has 148 valence electrons. The first-order chi connectivity index (χ1) is 13.0. The highest BCUT2D eigenvalue weighted by molar-refractivity contribution is 9.10. The van der Waals surface area contributed by atoms with Gasteiger partial charge in [0.15, 0.2) is 5.82 Å². The lowest BCUT2D eigenvalue weighted by atomic mass is 9.87. The van der Waals surface area contributed by atoms with Crippen molar-refractivity contribution in [3.8, 4) is 0 Å². The fourth-order valence-electron chi connectivity index (χ4n) is 2.75. The average Bonchev–Trinajstić information content (AvgIpc) is 2.95. The molecule has 0 fully saturated rings. The van der Waals surface area contributed by atoms with Crippen LogP contribution in [0.25, 0.3) is 0 Å². The van der Waals surface area contributed by atoms with Gasteiger partial charge in [-0.25, -0.2) is 8.42 Å². The molecule has 1 aromatic heterocycles. The van der Waals surface area contributed by atoms with Gasteiger partial charge < -0.3 is 0 Å². The Morgan fingerprint density at radius 2 is 1.64 bits per heavy atom. The summed E-state index contributed by atoms with van der Waals surface area (Å²) in [6.45, 7) is 8.86. The number of sulfonamides is 1. The highest BCUT2D eigenvalue weighted by Crippen LogP contribution is 2.26. The van der Waals surface area contributed by atoms with E-state index in [1.807, 2.05) is 43.3 Å². The van der Waals surface area contributed by atoms with Gasteiger partial charge in [0, 0.05) is 6.20 Å². The number of aryl methyl sites for hydroxylation is 1. The van der Waals surface area contributed by atoms with Crippen molar-refractivity contribution in [2.24, 2.45) is 0 Å². The molecule has 0 saturated carbocycles. The van der Waals surface area contributed by atoms with Gasteiger partial charge in [-0.3, -0.25) is 9.40 Å². The minimum Gasteiger partial charge on any atom is -0.265 e. The van der Waals surface area contributed by atoms with Gasteiger partial charge in [-0.15, -0.1) is 0 Å². The maximum absolute atomic E-state index is 12.7. The number of hydrogen-bond acceptors (Lipinski definition) is 3. The lowest BCUT2D eigenvalue weighted by Gasteiger charge is -2.19. The van der Waals surface area contributed by atoms with Crippen LogP contribution >= 0.6 is 15.9 Å². The van der Waals surface area contributed by atoms with Crippen molar-refractivity contribution in [1.29, 1.82) is 0 Å². The zero-order chi connectivity index (χ0) is 20.5. The monoisotopic (exact) mass is 461 g/mol. The van der Waals surface area contributed by atoms with E-state index in [1.54, 1.807) is 23.0 Å². The average molecular weight is 462 g/mol. The molecule has 2 aromatic carbocycles. The molecule has 1 heterocycles. The normalized spacial score (nSPS) is 12.2. The van der Waals surface area contributed by atoms with Crippen LogP contribution in [0.4, 0.5) is 5.82 Å². The summed E-state index contributed by atoms with van der Waals surface area (Å²) in [6.07, 6.45) is 1.76. The number of halogens is 1. The molecule has 0 bridgehead atoms. The minimum absolute atomic E-state index is 0.0342. The molecule has 0 aliphatic carbocycles. The van der Waals surface area contributed by atoms with E-state index < -0.39 is 10.0 Å². The second-order valence-electron chi connectivity index (χ2n) is 7.89. The van der Waals surface area contributed by atoms with Crippen molar-refractivity contribution >= 4 is 31.8 Å². The molecule has 0 amide bonds. The number of hydrogen-bond donors (Lipinski definition) is 1. The number of nitrogens with zero attached hydrogens (tertiary/aromatic N) is 2. The zero-order valence-corrected chi connectivity index (χ0v) is 18.8. The van der Waals surface area contributed by atoms with E-state index in [2.05, 4.69) is 46.5 Å². The first kappa shape index (κ1) is 20.6. The highest BCUT2D eigenvalue weighted by Gasteiger charge is 2.20. The summed E-state index contributed by atoms with van der Waals surface area (Å²) >= 11 is 3.39. The molecule has 0 spiro atoms. The Balaban J connectivity index is 1.79. The SMILES string of the molecule is Cc1ccc(Cn2cc(Br)c(NS(=O)(=O)c3ccc(C(C)(C)C)cc3)n2)cc1. The first-order valence-corrected chi connectivity index (χ1v) is 11.2. The fourth-order valence-corrected chi connectivity index (χ4v) is 4.31. The van der Waals surface area contributed by atoms with Crippen molar-refractivity contribution in [3.63, 3.8) is 0 Å². The minimum atomic E-state index is -3.72. The van der Waals surface area contributed by atoms with Crippen LogP contribution in [-0.4, -0.2) is 18.2 Å². The molecule has 1 N–H and O–H groups in total. The van der Waals surface area contributed by atoms with E-state index in [0.29, 0.717) is 11.0 Å². The predicted molar refractivity (Wildman–Crippen MR) is 116 cm³/mol. The molecule has 0 atom stereocenters. The van der Waals surface area contributed by atoms with Crippen molar-refractivity contribution < 1.29 is 8.42 Å².